The van der Waals surface area contributed by atoms with E-state index in [1.165, 1.54) is 25.3 Å². The standard InChI is InChI=1S/C16H20N4O3/c21-20(22)13-6-4-8-17-16(13)18-12-14(15-7-5-11-23-15)19-9-2-1-3-10-19/h4-8,11,14H,1-3,9-10,12H2,(H,17,18)/t14-/m1/s1. The van der Waals surface area contributed by atoms with E-state index in [1.807, 2.05) is 12.1 Å². The lowest BCUT2D eigenvalue weighted by Gasteiger charge is -2.33. The van der Waals surface area contributed by atoms with Gasteiger partial charge in [0.05, 0.1) is 17.2 Å². The maximum absolute atomic E-state index is 11.1. The quantitative estimate of drug-likeness (QED) is 0.650. The minimum Gasteiger partial charge on any atom is -0.468 e. The highest BCUT2D eigenvalue weighted by Gasteiger charge is 2.25. The fourth-order valence-electron chi connectivity index (χ4n) is 2.99. The van der Waals surface area contributed by atoms with E-state index in [9.17, 15) is 10.1 Å². The minimum atomic E-state index is -0.419. The number of nitrogens with zero attached hydrogens (tertiary/aromatic N) is 3. The van der Waals surface area contributed by atoms with Gasteiger partial charge in [0.2, 0.25) is 5.82 Å². The molecule has 3 heterocycles. The number of hydrogen-bond donors (Lipinski definition) is 1. The van der Waals surface area contributed by atoms with Crippen LogP contribution >= 0.6 is 0 Å². The van der Waals surface area contributed by atoms with Crippen LogP contribution in [-0.4, -0.2) is 34.4 Å². The van der Waals surface area contributed by atoms with Gasteiger partial charge in [-0.15, -0.1) is 0 Å². The van der Waals surface area contributed by atoms with Crippen LogP contribution < -0.4 is 5.32 Å². The van der Waals surface area contributed by atoms with Crippen LogP contribution in [0.2, 0.25) is 0 Å². The molecule has 0 amide bonds. The summed E-state index contributed by atoms with van der Waals surface area (Å²) in [7, 11) is 0. The third kappa shape index (κ3) is 3.68. The van der Waals surface area contributed by atoms with E-state index in [4.69, 9.17) is 4.42 Å². The van der Waals surface area contributed by atoms with E-state index in [-0.39, 0.29) is 11.7 Å². The van der Waals surface area contributed by atoms with E-state index in [2.05, 4.69) is 15.2 Å². The second-order valence-electron chi connectivity index (χ2n) is 5.64. The van der Waals surface area contributed by atoms with Crippen molar-refractivity contribution in [1.82, 2.24) is 9.88 Å². The first-order valence-corrected chi connectivity index (χ1v) is 7.86. The molecule has 0 unspecified atom stereocenters. The van der Waals surface area contributed by atoms with Gasteiger partial charge in [-0.2, -0.15) is 0 Å². The number of anilines is 1. The van der Waals surface area contributed by atoms with Gasteiger partial charge >= 0.3 is 5.69 Å². The van der Waals surface area contributed by atoms with Crippen LogP contribution in [0.3, 0.4) is 0 Å². The highest BCUT2D eigenvalue weighted by Crippen LogP contribution is 2.27. The maximum atomic E-state index is 11.1. The first-order chi connectivity index (χ1) is 11.3. The number of likely N-dealkylation sites (tertiary alicyclic amines) is 1. The number of aromatic nitrogens is 1. The molecule has 0 spiro atoms. The number of rotatable bonds is 6. The van der Waals surface area contributed by atoms with Crippen LogP contribution in [-0.2, 0) is 0 Å². The molecule has 1 fully saturated rings. The van der Waals surface area contributed by atoms with Gasteiger partial charge in [-0.1, -0.05) is 6.42 Å². The van der Waals surface area contributed by atoms with E-state index in [1.54, 1.807) is 18.5 Å². The smallest absolute Gasteiger partial charge is 0.311 e. The Morgan fingerprint density at radius 2 is 2.13 bits per heavy atom. The molecule has 7 nitrogen and oxygen atoms in total. The van der Waals surface area contributed by atoms with Crippen molar-refractivity contribution in [2.24, 2.45) is 0 Å². The highest BCUT2D eigenvalue weighted by atomic mass is 16.6. The molecular formula is C16H20N4O3. The fraction of sp³-hybridized carbons (Fsp3) is 0.438. The van der Waals surface area contributed by atoms with Crippen molar-refractivity contribution in [3.8, 4) is 0 Å². The predicted octanol–water partition coefficient (Wildman–Crippen LogP) is 3.22. The fourth-order valence-corrected chi connectivity index (χ4v) is 2.99. The predicted molar refractivity (Wildman–Crippen MR) is 86.3 cm³/mol. The van der Waals surface area contributed by atoms with Gasteiger partial charge in [0, 0.05) is 18.8 Å². The summed E-state index contributed by atoms with van der Waals surface area (Å²) in [6, 6.07) is 6.89. The summed E-state index contributed by atoms with van der Waals surface area (Å²) in [5.74, 6) is 1.17. The van der Waals surface area contributed by atoms with Crippen LogP contribution in [0.4, 0.5) is 11.5 Å². The van der Waals surface area contributed by atoms with Gasteiger partial charge < -0.3 is 9.73 Å². The van der Waals surface area contributed by atoms with Gasteiger partial charge in [0.25, 0.3) is 0 Å². The number of piperidine rings is 1. The molecule has 23 heavy (non-hydrogen) atoms. The molecule has 0 aromatic carbocycles. The zero-order valence-electron chi connectivity index (χ0n) is 12.9. The zero-order chi connectivity index (χ0) is 16.1. The topological polar surface area (TPSA) is 84.4 Å². The summed E-state index contributed by atoms with van der Waals surface area (Å²) in [4.78, 5) is 17.1. The molecule has 122 valence electrons. The minimum absolute atomic E-state index is 0.00987. The number of nitrogens with one attached hydrogen (secondary N) is 1. The van der Waals surface area contributed by atoms with Gasteiger partial charge in [-0.3, -0.25) is 15.0 Å². The van der Waals surface area contributed by atoms with Crippen molar-refractivity contribution in [1.29, 1.82) is 0 Å². The molecule has 1 aliphatic heterocycles. The van der Waals surface area contributed by atoms with Crippen LogP contribution in [0.25, 0.3) is 0 Å². The summed E-state index contributed by atoms with van der Waals surface area (Å²) < 4.78 is 5.58. The molecule has 0 radical (unpaired) electrons. The molecule has 3 rings (SSSR count). The lowest BCUT2D eigenvalue weighted by atomic mass is 10.1. The lowest BCUT2D eigenvalue weighted by molar-refractivity contribution is -0.384. The Balaban J connectivity index is 1.75. The van der Waals surface area contributed by atoms with E-state index < -0.39 is 4.92 Å². The average Bonchev–Trinajstić information content (AvgIpc) is 3.10. The van der Waals surface area contributed by atoms with Crippen LogP contribution in [0.1, 0.15) is 31.1 Å². The van der Waals surface area contributed by atoms with Gasteiger partial charge in [0.1, 0.15) is 5.76 Å². The second kappa shape index (κ2) is 7.23. The van der Waals surface area contributed by atoms with Crippen molar-refractivity contribution < 1.29 is 9.34 Å². The molecule has 1 N–H and O–H groups in total. The molecule has 1 atom stereocenters. The number of pyridine rings is 1. The Kier molecular flexibility index (Phi) is 4.87. The van der Waals surface area contributed by atoms with Crippen molar-refractivity contribution in [2.75, 3.05) is 25.0 Å². The van der Waals surface area contributed by atoms with Crippen molar-refractivity contribution in [2.45, 2.75) is 25.3 Å². The third-order valence-electron chi connectivity index (χ3n) is 4.15. The molecule has 7 heteroatoms. The van der Waals surface area contributed by atoms with Crippen molar-refractivity contribution >= 4 is 11.5 Å². The lowest BCUT2D eigenvalue weighted by Crippen LogP contribution is -2.37. The Morgan fingerprint density at radius 1 is 1.30 bits per heavy atom. The van der Waals surface area contributed by atoms with E-state index >= 15 is 0 Å². The first-order valence-electron chi connectivity index (χ1n) is 7.86. The summed E-state index contributed by atoms with van der Waals surface area (Å²) in [5, 5.41) is 14.2. The first kappa shape index (κ1) is 15.5. The van der Waals surface area contributed by atoms with Crippen LogP contribution in [0, 0.1) is 10.1 Å². The highest BCUT2D eigenvalue weighted by molar-refractivity contribution is 5.55. The molecule has 0 saturated carbocycles. The van der Waals surface area contributed by atoms with Gasteiger partial charge in [-0.05, 0) is 44.1 Å². The zero-order valence-corrected chi connectivity index (χ0v) is 12.9. The Morgan fingerprint density at radius 3 is 2.83 bits per heavy atom. The van der Waals surface area contributed by atoms with Crippen LogP contribution in [0.5, 0.6) is 0 Å². The number of nitro groups is 1. The van der Waals surface area contributed by atoms with Crippen molar-refractivity contribution in [3.63, 3.8) is 0 Å². The molecule has 2 aromatic heterocycles. The molecular weight excluding hydrogens is 296 g/mol. The summed E-state index contributed by atoms with van der Waals surface area (Å²) in [6.07, 6.45) is 6.80. The maximum Gasteiger partial charge on any atom is 0.311 e. The molecule has 2 aromatic rings. The van der Waals surface area contributed by atoms with E-state index in [0.717, 1.165) is 18.8 Å². The number of hydrogen-bond acceptors (Lipinski definition) is 6. The number of furan rings is 1. The molecule has 1 saturated heterocycles. The second-order valence-corrected chi connectivity index (χ2v) is 5.64. The van der Waals surface area contributed by atoms with Crippen LogP contribution in [0.15, 0.2) is 41.1 Å². The normalized spacial score (nSPS) is 16.9. The van der Waals surface area contributed by atoms with Gasteiger partial charge in [-0.25, -0.2) is 4.98 Å². The summed E-state index contributed by atoms with van der Waals surface area (Å²) in [6.45, 7) is 2.54. The SMILES string of the molecule is O=[N+]([O-])c1cccnc1NC[C@H](c1ccco1)N1CCCCC1. The Labute approximate surface area is 134 Å². The van der Waals surface area contributed by atoms with Gasteiger partial charge in [0.15, 0.2) is 0 Å². The monoisotopic (exact) mass is 316 g/mol. The average molecular weight is 316 g/mol. The van der Waals surface area contributed by atoms with Crippen molar-refractivity contribution in [3.05, 3.63) is 52.6 Å². The Hall–Kier alpha value is -2.41. The molecule has 1 aliphatic rings. The summed E-state index contributed by atoms with van der Waals surface area (Å²) >= 11 is 0. The molecule has 0 aliphatic carbocycles. The largest absolute Gasteiger partial charge is 0.468 e. The van der Waals surface area contributed by atoms with E-state index in [0.29, 0.717) is 12.4 Å². The molecule has 0 bridgehead atoms. The summed E-state index contributed by atoms with van der Waals surface area (Å²) in [5.41, 5.74) is -0.00987. The third-order valence-corrected chi connectivity index (χ3v) is 4.15. The Bertz CT molecular complexity index is 639.